The number of hydrogen-bond acceptors (Lipinski definition) is 6. The van der Waals surface area contributed by atoms with Crippen molar-refractivity contribution < 1.29 is 22.7 Å². The first kappa shape index (κ1) is 34.0. The largest absolute Gasteiger partial charge is 0.497 e. The molecule has 0 spiro atoms. The van der Waals surface area contributed by atoms with Gasteiger partial charge in [-0.15, -0.1) is 0 Å². The van der Waals surface area contributed by atoms with E-state index in [-0.39, 0.29) is 23.4 Å². The number of likely N-dealkylation sites (N-methyl/N-ethyl adjacent to an activating group) is 1. The monoisotopic (exact) mass is 708 g/mol. The number of carbonyl (C=O) groups excluding carboxylic acids is 2. The van der Waals surface area contributed by atoms with Crippen LogP contribution in [0.3, 0.4) is 0 Å². The number of nitrogens with one attached hydrogen (secondary N) is 1. The number of hydrogen-bond donors (Lipinski definition) is 1. The fraction of sp³-hybridized carbons (Fsp3) is 0.463. The number of carbonyl (C=O) groups is 2. The van der Waals surface area contributed by atoms with Crippen LogP contribution < -0.4 is 9.46 Å². The molecule has 51 heavy (non-hydrogen) atoms. The second-order valence-electron chi connectivity index (χ2n) is 15.5. The summed E-state index contributed by atoms with van der Waals surface area (Å²) in [7, 11) is -0.0104. The number of aromatic nitrogens is 1. The fourth-order valence-electron chi connectivity index (χ4n) is 9.14. The maximum Gasteiger partial charge on any atom is 0.264 e. The minimum atomic E-state index is -3.82. The number of fused-ring (bicyclic) bond motifs is 7. The summed E-state index contributed by atoms with van der Waals surface area (Å²) in [5.41, 5.74) is 6.30. The van der Waals surface area contributed by atoms with Crippen LogP contribution in [0.25, 0.3) is 22.2 Å². The SMILES string of the molecule is COc1ccc2c(c1)[C@@H]1CC1(C(=O)N1CCN(C)C[C@@H]1c1ccccc1)Cn1c-2c(C2CCCCC2)c2ccc(C(=O)NS(=O)(=O)C(C)C)cc21. The molecule has 9 nitrogen and oxygen atoms in total. The van der Waals surface area contributed by atoms with Crippen molar-refractivity contribution in [1.82, 2.24) is 19.1 Å². The molecule has 2 aliphatic heterocycles. The van der Waals surface area contributed by atoms with Gasteiger partial charge in [0.05, 0.1) is 29.5 Å². The normalized spacial score (nSPS) is 23.7. The van der Waals surface area contributed by atoms with E-state index in [1.807, 2.05) is 36.4 Å². The smallest absolute Gasteiger partial charge is 0.264 e. The number of ether oxygens (including phenoxy) is 1. The molecule has 1 aromatic heterocycles. The summed E-state index contributed by atoms with van der Waals surface area (Å²) in [6.45, 7) is 5.81. The standard InChI is InChI=1S/C41H48N4O5S/c1-26(2)51(48,49)42-39(46)29-15-17-32-35(21-29)45-25-41(40(47)44-20-19-43(3)24-36(44)27-11-7-5-8-12-27)23-34(41)33-22-30(50-4)16-18-31(33)38(45)37(32)28-13-9-6-10-14-28/h5,7-8,11-12,15-18,21-22,26,28,34,36H,6,9-10,13-14,19-20,23-25H2,1-4H3,(H,42,46)/t34-,36+,41?/m0/s1. The molecule has 0 bridgehead atoms. The number of nitrogens with zero attached hydrogens (tertiary/aromatic N) is 3. The van der Waals surface area contributed by atoms with E-state index in [1.165, 1.54) is 12.0 Å². The highest BCUT2D eigenvalue weighted by atomic mass is 32.2. The van der Waals surface area contributed by atoms with Crippen molar-refractivity contribution in [2.45, 2.75) is 82.0 Å². The quantitative estimate of drug-likeness (QED) is 0.226. The Hall–Kier alpha value is -4.15. The Bertz CT molecular complexity index is 2120. The molecule has 4 aliphatic rings. The molecule has 0 radical (unpaired) electrons. The van der Waals surface area contributed by atoms with Crippen LogP contribution in [-0.4, -0.2) is 73.6 Å². The summed E-state index contributed by atoms with van der Waals surface area (Å²) >= 11 is 0. The van der Waals surface area contributed by atoms with Crippen LogP contribution in [0, 0.1) is 5.41 Å². The van der Waals surface area contributed by atoms with Crippen molar-refractivity contribution in [1.29, 1.82) is 0 Å². The molecule has 1 saturated heterocycles. The van der Waals surface area contributed by atoms with Crippen LogP contribution in [0.15, 0.2) is 66.7 Å². The van der Waals surface area contributed by atoms with Gasteiger partial charge in [0, 0.05) is 54.1 Å². The third-order valence-electron chi connectivity index (χ3n) is 12.1. The van der Waals surface area contributed by atoms with Crippen LogP contribution >= 0.6 is 0 Å². The van der Waals surface area contributed by atoms with Gasteiger partial charge in [-0.1, -0.05) is 55.7 Å². The molecule has 3 heterocycles. The topological polar surface area (TPSA) is 101 Å². The number of piperazine rings is 1. The summed E-state index contributed by atoms with van der Waals surface area (Å²) in [6.07, 6.45) is 6.44. The van der Waals surface area contributed by atoms with Crippen molar-refractivity contribution in [3.05, 3.63) is 89.0 Å². The van der Waals surface area contributed by atoms with Crippen LogP contribution in [0.4, 0.5) is 0 Å². The Morgan fingerprint density at radius 1 is 0.961 bits per heavy atom. The predicted molar refractivity (Wildman–Crippen MR) is 199 cm³/mol. The lowest BCUT2D eigenvalue weighted by Gasteiger charge is -2.42. The molecule has 1 unspecified atom stereocenters. The molecule has 8 rings (SSSR count). The molecule has 3 atom stereocenters. The summed E-state index contributed by atoms with van der Waals surface area (Å²) in [6, 6.07) is 22.2. The van der Waals surface area contributed by atoms with E-state index in [2.05, 4.69) is 50.4 Å². The summed E-state index contributed by atoms with van der Waals surface area (Å²) in [5.74, 6) is 0.668. The number of rotatable bonds is 7. The first-order valence-corrected chi connectivity index (χ1v) is 20.0. The molecule has 4 aromatic rings. The van der Waals surface area contributed by atoms with E-state index < -0.39 is 26.6 Å². The summed E-state index contributed by atoms with van der Waals surface area (Å²) in [5, 5.41) is 0.332. The lowest BCUT2D eigenvalue weighted by molar-refractivity contribution is -0.143. The van der Waals surface area contributed by atoms with Gasteiger partial charge in [-0.3, -0.25) is 9.59 Å². The Labute approximate surface area is 301 Å². The van der Waals surface area contributed by atoms with Crippen LogP contribution in [0.2, 0.25) is 0 Å². The Kier molecular flexibility index (Phi) is 8.53. The van der Waals surface area contributed by atoms with E-state index >= 15 is 4.79 Å². The summed E-state index contributed by atoms with van der Waals surface area (Å²) < 4.78 is 35.8. The maximum atomic E-state index is 15.3. The van der Waals surface area contributed by atoms with Crippen molar-refractivity contribution in [2.75, 3.05) is 33.8 Å². The van der Waals surface area contributed by atoms with Gasteiger partial charge in [0.15, 0.2) is 0 Å². The zero-order valence-corrected chi connectivity index (χ0v) is 30.8. The van der Waals surface area contributed by atoms with Gasteiger partial charge in [-0.2, -0.15) is 0 Å². The second kappa shape index (κ2) is 12.8. The van der Waals surface area contributed by atoms with Crippen molar-refractivity contribution in [3.8, 4) is 17.0 Å². The molecule has 268 valence electrons. The minimum absolute atomic E-state index is 0.0167. The molecule has 2 saturated carbocycles. The van der Waals surface area contributed by atoms with Crippen molar-refractivity contribution in [2.24, 2.45) is 5.41 Å². The lowest BCUT2D eigenvalue weighted by atomic mass is 9.81. The van der Waals surface area contributed by atoms with Gasteiger partial charge in [-0.25, -0.2) is 13.1 Å². The molecule has 3 fully saturated rings. The highest BCUT2D eigenvalue weighted by molar-refractivity contribution is 7.90. The van der Waals surface area contributed by atoms with Crippen molar-refractivity contribution in [3.63, 3.8) is 0 Å². The van der Waals surface area contributed by atoms with Gasteiger partial charge in [0.2, 0.25) is 15.9 Å². The fourth-order valence-corrected chi connectivity index (χ4v) is 9.75. The minimum Gasteiger partial charge on any atom is -0.497 e. The predicted octanol–water partition coefficient (Wildman–Crippen LogP) is 6.84. The van der Waals surface area contributed by atoms with Gasteiger partial charge in [-0.05, 0) is 93.1 Å². The molecular weight excluding hydrogens is 661 g/mol. The maximum absolute atomic E-state index is 15.3. The molecule has 3 aromatic carbocycles. The molecular formula is C41H48N4O5S. The zero-order valence-electron chi connectivity index (χ0n) is 30.0. The average molecular weight is 709 g/mol. The number of amides is 2. The van der Waals surface area contributed by atoms with E-state index in [0.29, 0.717) is 19.0 Å². The molecule has 2 aliphatic carbocycles. The first-order valence-electron chi connectivity index (χ1n) is 18.5. The average Bonchev–Trinajstić information content (AvgIpc) is 3.81. The molecule has 2 amide bonds. The molecule has 10 heteroatoms. The third-order valence-corrected chi connectivity index (χ3v) is 13.8. The van der Waals surface area contributed by atoms with Crippen LogP contribution in [0.1, 0.15) is 97.3 Å². The summed E-state index contributed by atoms with van der Waals surface area (Å²) in [4.78, 5) is 33.2. The highest BCUT2D eigenvalue weighted by Crippen LogP contribution is 2.66. The van der Waals surface area contributed by atoms with Gasteiger partial charge in [0.25, 0.3) is 5.91 Å². The second-order valence-corrected chi connectivity index (χ2v) is 17.7. The van der Waals surface area contributed by atoms with E-state index in [4.69, 9.17) is 4.74 Å². The Balaban J connectivity index is 1.31. The van der Waals surface area contributed by atoms with Gasteiger partial charge in [0.1, 0.15) is 5.75 Å². The first-order chi connectivity index (χ1) is 24.5. The van der Waals surface area contributed by atoms with Crippen molar-refractivity contribution >= 4 is 32.7 Å². The Morgan fingerprint density at radius 2 is 1.73 bits per heavy atom. The van der Waals surface area contributed by atoms with Crippen LogP contribution in [-0.2, 0) is 21.4 Å². The third kappa shape index (κ3) is 5.75. The molecule has 1 N–H and O–H groups in total. The van der Waals surface area contributed by atoms with E-state index in [0.717, 1.165) is 84.2 Å². The lowest BCUT2D eigenvalue weighted by Crippen LogP contribution is -2.52. The van der Waals surface area contributed by atoms with Crippen LogP contribution in [0.5, 0.6) is 5.75 Å². The van der Waals surface area contributed by atoms with Gasteiger partial charge >= 0.3 is 0 Å². The number of methoxy groups -OCH3 is 1. The van der Waals surface area contributed by atoms with Gasteiger partial charge < -0.3 is 19.1 Å². The zero-order chi connectivity index (χ0) is 35.7. The van der Waals surface area contributed by atoms with E-state index in [9.17, 15) is 13.2 Å². The van der Waals surface area contributed by atoms with E-state index in [1.54, 1.807) is 27.0 Å². The Morgan fingerprint density at radius 3 is 2.45 bits per heavy atom. The number of sulfonamides is 1. The number of benzene rings is 3. The highest BCUT2D eigenvalue weighted by Gasteiger charge is 2.64.